The van der Waals surface area contributed by atoms with E-state index < -0.39 is 0 Å². The van der Waals surface area contributed by atoms with E-state index in [4.69, 9.17) is 5.10 Å². The summed E-state index contributed by atoms with van der Waals surface area (Å²) in [6.45, 7) is 6.37. The summed E-state index contributed by atoms with van der Waals surface area (Å²) < 4.78 is 1.92. The van der Waals surface area contributed by atoms with Crippen LogP contribution in [0.2, 0.25) is 0 Å². The van der Waals surface area contributed by atoms with Crippen molar-refractivity contribution in [1.29, 1.82) is 0 Å². The molecule has 5 heteroatoms. The van der Waals surface area contributed by atoms with Gasteiger partial charge in [0.15, 0.2) is 17.3 Å². The highest BCUT2D eigenvalue weighted by Crippen LogP contribution is 2.31. The molecule has 0 radical (unpaired) electrons. The number of hydrogen-bond acceptors (Lipinski definition) is 4. The summed E-state index contributed by atoms with van der Waals surface area (Å²) in [5.41, 5.74) is 4.39. The van der Waals surface area contributed by atoms with Gasteiger partial charge in [-0.05, 0) is 43.9 Å². The number of fused-ring (bicyclic) bond motifs is 3. The lowest BCUT2D eigenvalue weighted by atomic mass is 10.1. The van der Waals surface area contributed by atoms with E-state index in [2.05, 4.69) is 71.4 Å². The molecule has 0 bridgehead atoms. The summed E-state index contributed by atoms with van der Waals surface area (Å²) in [7, 11) is 0. The fraction of sp³-hybridized carbons (Fsp3) is 0.286. The predicted molar refractivity (Wildman–Crippen MR) is 105 cm³/mol. The Morgan fingerprint density at radius 1 is 0.846 bits per heavy atom. The minimum absolute atomic E-state index is 0.800. The van der Waals surface area contributed by atoms with Crippen molar-refractivity contribution in [1.82, 2.24) is 19.8 Å². The molecule has 0 amide bonds. The maximum Gasteiger partial charge on any atom is 0.186 e. The summed E-state index contributed by atoms with van der Waals surface area (Å²) in [6, 6.07) is 14.8. The van der Waals surface area contributed by atoms with Crippen molar-refractivity contribution >= 4 is 22.2 Å². The van der Waals surface area contributed by atoms with Gasteiger partial charge in [0.25, 0.3) is 0 Å². The molecular formula is C21H21N5. The third-order valence-corrected chi connectivity index (χ3v) is 5.41. The van der Waals surface area contributed by atoms with Crippen LogP contribution in [-0.4, -0.2) is 32.9 Å². The molecule has 2 aromatic carbocycles. The van der Waals surface area contributed by atoms with E-state index in [0.29, 0.717) is 0 Å². The van der Waals surface area contributed by atoms with Crippen LogP contribution >= 0.6 is 0 Å². The Kier molecular flexibility index (Phi) is 3.42. The molecule has 2 aromatic heterocycles. The van der Waals surface area contributed by atoms with Crippen LogP contribution in [0.5, 0.6) is 0 Å². The van der Waals surface area contributed by atoms with Crippen LogP contribution in [-0.2, 0) is 0 Å². The van der Waals surface area contributed by atoms with Gasteiger partial charge in [-0.2, -0.15) is 4.52 Å². The van der Waals surface area contributed by atoms with Crippen molar-refractivity contribution < 1.29 is 0 Å². The van der Waals surface area contributed by atoms with Crippen LogP contribution in [0.15, 0.2) is 42.5 Å². The lowest BCUT2D eigenvalue weighted by Crippen LogP contribution is -2.20. The molecule has 0 saturated carbocycles. The molecule has 4 aromatic rings. The Labute approximate surface area is 152 Å². The second-order valence-electron chi connectivity index (χ2n) is 7.12. The predicted octanol–water partition coefficient (Wildman–Crippen LogP) is 4.16. The average Bonchev–Trinajstić information content (AvgIpc) is 3.33. The molecule has 0 aliphatic carbocycles. The molecule has 5 nitrogen and oxygen atoms in total. The Bertz CT molecular complexity index is 1120. The zero-order valence-electron chi connectivity index (χ0n) is 15.1. The Morgan fingerprint density at radius 3 is 2.38 bits per heavy atom. The van der Waals surface area contributed by atoms with Gasteiger partial charge in [0, 0.05) is 29.4 Å². The van der Waals surface area contributed by atoms with Gasteiger partial charge < -0.3 is 4.90 Å². The van der Waals surface area contributed by atoms with Gasteiger partial charge >= 0.3 is 0 Å². The molecule has 1 aliphatic rings. The quantitative estimate of drug-likeness (QED) is 0.548. The second-order valence-corrected chi connectivity index (χ2v) is 7.12. The van der Waals surface area contributed by atoms with Gasteiger partial charge in [0.1, 0.15) is 0 Å². The van der Waals surface area contributed by atoms with Crippen molar-refractivity contribution in [3.8, 4) is 11.4 Å². The molecular weight excluding hydrogens is 322 g/mol. The van der Waals surface area contributed by atoms with Gasteiger partial charge in [-0.15, -0.1) is 15.3 Å². The number of hydrogen-bond donors (Lipinski definition) is 0. The van der Waals surface area contributed by atoms with E-state index in [0.717, 1.165) is 46.7 Å². The van der Waals surface area contributed by atoms with Crippen molar-refractivity contribution in [2.75, 3.05) is 18.0 Å². The normalized spacial score (nSPS) is 14.6. The first-order chi connectivity index (χ1) is 12.7. The van der Waals surface area contributed by atoms with Gasteiger partial charge in [-0.3, -0.25) is 0 Å². The lowest BCUT2D eigenvalue weighted by molar-refractivity contribution is 0.871. The summed E-state index contributed by atoms with van der Waals surface area (Å²) in [5, 5.41) is 16.2. The van der Waals surface area contributed by atoms with Crippen molar-refractivity contribution in [2.24, 2.45) is 0 Å². The topological polar surface area (TPSA) is 46.3 Å². The molecule has 1 fully saturated rings. The minimum atomic E-state index is 0.800. The van der Waals surface area contributed by atoms with Crippen LogP contribution in [0.25, 0.3) is 27.8 Å². The number of aromatic nitrogens is 4. The van der Waals surface area contributed by atoms with E-state index in [-0.39, 0.29) is 0 Å². The maximum atomic E-state index is 4.99. The third-order valence-electron chi connectivity index (χ3n) is 5.41. The number of benzene rings is 2. The second kappa shape index (κ2) is 5.80. The first kappa shape index (κ1) is 15.3. The zero-order valence-corrected chi connectivity index (χ0v) is 15.1. The number of rotatable bonds is 2. The highest BCUT2D eigenvalue weighted by atomic mass is 15.4. The summed E-state index contributed by atoms with van der Waals surface area (Å²) in [6.07, 6.45) is 2.44. The van der Waals surface area contributed by atoms with Gasteiger partial charge in [-0.25, -0.2) is 0 Å². The Hall–Kier alpha value is -2.95. The third kappa shape index (κ3) is 2.27. The van der Waals surface area contributed by atoms with Crippen molar-refractivity contribution in [3.05, 3.63) is 53.6 Å². The van der Waals surface area contributed by atoms with Gasteiger partial charge in [0.05, 0.1) is 0 Å². The first-order valence-electron chi connectivity index (χ1n) is 9.19. The number of nitrogens with zero attached hydrogens (tertiary/aromatic N) is 5. The monoisotopic (exact) mass is 343 g/mol. The SMILES string of the molecule is Cc1ccc(-c2nnc3c4ccccc4c(N4CCCC4)nn23)cc1C. The molecule has 0 N–H and O–H groups in total. The van der Waals surface area contributed by atoms with E-state index in [1.165, 1.54) is 24.0 Å². The van der Waals surface area contributed by atoms with Gasteiger partial charge in [-0.1, -0.05) is 36.4 Å². The molecule has 0 unspecified atom stereocenters. The van der Waals surface area contributed by atoms with Crippen LogP contribution in [0.1, 0.15) is 24.0 Å². The largest absolute Gasteiger partial charge is 0.355 e. The Balaban J connectivity index is 1.80. The summed E-state index contributed by atoms with van der Waals surface area (Å²) in [4.78, 5) is 2.38. The maximum absolute atomic E-state index is 4.99. The van der Waals surface area contributed by atoms with Crippen LogP contribution in [0.4, 0.5) is 5.82 Å². The van der Waals surface area contributed by atoms with Crippen LogP contribution in [0.3, 0.4) is 0 Å². The van der Waals surface area contributed by atoms with E-state index in [9.17, 15) is 0 Å². The van der Waals surface area contributed by atoms with Crippen molar-refractivity contribution in [3.63, 3.8) is 0 Å². The first-order valence-corrected chi connectivity index (χ1v) is 9.19. The van der Waals surface area contributed by atoms with E-state index in [1.54, 1.807) is 0 Å². The molecule has 0 atom stereocenters. The van der Waals surface area contributed by atoms with Gasteiger partial charge in [0.2, 0.25) is 0 Å². The number of aryl methyl sites for hydroxylation is 2. The van der Waals surface area contributed by atoms with Crippen molar-refractivity contribution in [2.45, 2.75) is 26.7 Å². The Morgan fingerprint density at radius 2 is 1.62 bits per heavy atom. The van der Waals surface area contributed by atoms with Crippen LogP contribution < -0.4 is 4.90 Å². The van der Waals surface area contributed by atoms with E-state index in [1.807, 2.05) is 4.52 Å². The van der Waals surface area contributed by atoms with Crippen LogP contribution in [0, 0.1) is 13.8 Å². The highest BCUT2D eigenvalue weighted by Gasteiger charge is 2.21. The summed E-state index contributed by atoms with van der Waals surface area (Å²) in [5.74, 6) is 1.84. The number of anilines is 1. The summed E-state index contributed by atoms with van der Waals surface area (Å²) >= 11 is 0. The lowest BCUT2D eigenvalue weighted by Gasteiger charge is -2.18. The molecule has 26 heavy (non-hydrogen) atoms. The molecule has 1 aliphatic heterocycles. The molecule has 0 spiro atoms. The fourth-order valence-corrected chi connectivity index (χ4v) is 3.79. The molecule has 5 rings (SSSR count). The molecule has 3 heterocycles. The zero-order chi connectivity index (χ0) is 17.7. The fourth-order valence-electron chi connectivity index (χ4n) is 3.79. The smallest absolute Gasteiger partial charge is 0.186 e. The molecule has 130 valence electrons. The minimum Gasteiger partial charge on any atom is -0.355 e. The van der Waals surface area contributed by atoms with E-state index >= 15 is 0 Å². The average molecular weight is 343 g/mol. The highest BCUT2D eigenvalue weighted by molar-refractivity contribution is 6.00. The molecule has 1 saturated heterocycles. The standard InChI is InChI=1S/C21H21N5/c1-14-9-10-16(13-15(14)2)19-22-23-20-17-7-3-4-8-18(17)21(24-26(19)20)25-11-5-6-12-25/h3-4,7-10,13H,5-6,11-12H2,1-2H3.